The lowest BCUT2D eigenvalue weighted by atomic mass is 10.5. The lowest BCUT2D eigenvalue weighted by Crippen LogP contribution is -2.26. The van der Waals surface area contributed by atoms with Gasteiger partial charge < -0.3 is 5.32 Å². The normalized spacial score (nSPS) is 11.4. The second-order valence-electron chi connectivity index (χ2n) is 3.29. The van der Waals surface area contributed by atoms with Crippen molar-refractivity contribution in [3.8, 4) is 0 Å². The van der Waals surface area contributed by atoms with Gasteiger partial charge >= 0.3 is 0 Å². The summed E-state index contributed by atoms with van der Waals surface area (Å²) in [5, 5.41) is 6.65. The van der Waals surface area contributed by atoms with E-state index in [0.29, 0.717) is 5.69 Å². The smallest absolute Gasteiger partial charge is 0.268 e. The molecule has 1 heterocycles. The van der Waals surface area contributed by atoms with Gasteiger partial charge in [-0.25, -0.2) is 13.1 Å². The first-order chi connectivity index (χ1) is 7.48. The molecular weight excluding hydrogens is 230 g/mol. The Hall–Kier alpha value is -1.37. The highest BCUT2D eigenvalue weighted by Crippen LogP contribution is 1.97. The Morgan fingerprint density at radius 1 is 1.50 bits per heavy atom. The van der Waals surface area contributed by atoms with Crippen LogP contribution in [-0.2, 0) is 16.4 Å². The van der Waals surface area contributed by atoms with Crippen LogP contribution in [0.4, 0.5) is 5.69 Å². The van der Waals surface area contributed by atoms with Crippen LogP contribution in [0.1, 0.15) is 6.92 Å². The Morgan fingerprint density at radius 2 is 2.19 bits per heavy atom. The molecule has 0 aromatic carbocycles. The van der Waals surface area contributed by atoms with Gasteiger partial charge in [-0.3, -0.25) is 4.79 Å². The number of nitrogens with zero attached hydrogens (tertiary/aromatic N) is 2. The lowest BCUT2D eigenvalue weighted by molar-refractivity contribution is 0.572. The molecule has 0 unspecified atom stereocenters. The van der Waals surface area contributed by atoms with E-state index >= 15 is 0 Å². The summed E-state index contributed by atoms with van der Waals surface area (Å²) >= 11 is 0. The largest absolute Gasteiger partial charge is 0.387 e. The summed E-state index contributed by atoms with van der Waals surface area (Å²) < 4.78 is 23.6. The van der Waals surface area contributed by atoms with Crippen molar-refractivity contribution >= 4 is 15.5 Å². The molecule has 0 spiro atoms. The lowest BCUT2D eigenvalue weighted by Gasteiger charge is -2.05. The molecule has 16 heavy (non-hydrogen) atoms. The van der Waals surface area contributed by atoms with Crippen molar-refractivity contribution in [1.29, 1.82) is 0 Å². The van der Waals surface area contributed by atoms with Crippen LogP contribution in [0.25, 0.3) is 0 Å². The van der Waals surface area contributed by atoms with Gasteiger partial charge in [-0.2, -0.15) is 5.10 Å². The maximum Gasteiger partial charge on any atom is 0.268 e. The number of hydrogen-bond donors (Lipinski definition) is 1. The molecule has 0 fully saturated rings. The average Bonchev–Trinajstić information content (AvgIpc) is 2.27. The maximum absolute atomic E-state index is 11.5. The Kier molecular flexibility index (Phi) is 4.05. The van der Waals surface area contributed by atoms with E-state index < -0.39 is 9.84 Å². The first kappa shape index (κ1) is 12.7. The van der Waals surface area contributed by atoms with Crippen molar-refractivity contribution in [3.05, 3.63) is 22.6 Å². The molecule has 0 radical (unpaired) electrons. The molecule has 0 saturated carbocycles. The fourth-order valence-corrected chi connectivity index (χ4v) is 1.85. The molecule has 1 N–H and O–H groups in total. The first-order valence-corrected chi connectivity index (χ1v) is 6.76. The Labute approximate surface area is 94.2 Å². The van der Waals surface area contributed by atoms with Gasteiger partial charge in [0.1, 0.15) is 0 Å². The number of anilines is 1. The highest BCUT2D eigenvalue weighted by atomic mass is 32.2. The monoisotopic (exact) mass is 245 g/mol. The molecule has 0 bridgehead atoms. The molecule has 90 valence electrons. The molecule has 0 aliphatic carbocycles. The van der Waals surface area contributed by atoms with E-state index in [4.69, 9.17) is 0 Å². The Balaban J connectivity index is 2.80. The van der Waals surface area contributed by atoms with Gasteiger partial charge in [-0.1, -0.05) is 6.92 Å². The molecule has 0 amide bonds. The quantitative estimate of drug-likeness (QED) is 0.771. The van der Waals surface area contributed by atoms with Crippen LogP contribution in [-0.4, -0.2) is 36.8 Å². The molecular formula is C9H15N3O3S. The second kappa shape index (κ2) is 5.11. The Morgan fingerprint density at radius 3 is 2.69 bits per heavy atom. The third kappa shape index (κ3) is 3.34. The van der Waals surface area contributed by atoms with Gasteiger partial charge in [-0.05, 0) is 0 Å². The molecule has 0 aliphatic heterocycles. The number of hydrogen-bond acceptors (Lipinski definition) is 5. The highest BCUT2D eigenvalue weighted by molar-refractivity contribution is 7.91. The van der Waals surface area contributed by atoms with E-state index in [2.05, 4.69) is 10.4 Å². The number of rotatable bonds is 5. The SMILES string of the molecule is CCS(=O)(=O)CCn1ncc(NC)cc1=O. The van der Waals surface area contributed by atoms with Crippen molar-refractivity contribution in [3.63, 3.8) is 0 Å². The highest BCUT2D eigenvalue weighted by Gasteiger charge is 2.08. The maximum atomic E-state index is 11.5. The third-order valence-corrected chi connectivity index (χ3v) is 3.90. The molecule has 6 nitrogen and oxygen atoms in total. The van der Waals surface area contributed by atoms with Crippen LogP contribution in [0, 0.1) is 0 Å². The summed E-state index contributed by atoms with van der Waals surface area (Å²) in [5.74, 6) is 0.0195. The molecule has 0 saturated heterocycles. The van der Waals surface area contributed by atoms with Crippen LogP contribution >= 0.6 is 0 Å². The van der Waals surface area contributed by atoms with Crippen LogP contribution < -0.4 is 10.9 Å². The molecule has 1 aromatic rings. The van der Waals surface area contributed by atoms with Crippen LogP contribution in [0.5, 0.6) is 0 Å². The van der Waals surface area contributed by atoms with Crippen molar-refractivity contribution < 1.29 is 8.42 Å². The van der Waals surface area contributed by atoms with E-state index in [1.807, 2.05) is 0 Å². The average molecular weight is 245 g/mol. The van der Waals surface area contributed by atoms with Crippen molar-refractivity contribution in [2.45, 2.75) is 13.5 Å². The van der Waals surface area contributed by atoms with Gasteiger partial charge in [-0.15, -0.1) is 0 Å². The van der Waals surface area contributed by atoms with E-state index in [1.165, 1.54) is 12.3 Å². The molecule has 0 aliphatic rings. The van der Waals surface area contributed by atoms with E-state index in [1.54, 1.807) is 14.0 Å². The molecule has 1 aromatic heterocycles. The van der Waals surface area contributed by atoms with Crippen LogP contribution in [0.3, 0.4) is 0 Å². The van der Waals surface area contributed by atoms with Gasteiger partial charge in [0.2, 0.25) is 0 Å². The number of nitrogens with one attached hydrogen (secondary N) is 1. The zero-order chi connectivity index (χ0) is 12.2. The topological polar surface area (TPSA) is 81.1 Å². The molecule has 7 heteroatoms. The van der Waals surface area contributed by atoms with E-state index in [9.17, 15) is 13.2 Å². The van der Waals surface area contributed by atoms with Crippen LogP contribution in [0.2, 0.25) is 0 Å². The Bertz CT molecular complexity index is 507. The van der Waals surface area contributed by atoms with Gasteiger partial charge in [0.15, 0.2) is 9.84 Å². The predicted octanol–water partition coefficient (Wildman–Crippen LogP) is -0.280. The number of aryl methyl sites for hydroxylation is 1. The third-order valence-electron chi connectivity index (χ3n) is 2.21. The van der Waals surface area contributed by atoms with Gasteiger partial charge in [0.25, 0.3) is 5.56 Å². The van der Waals surface area contributed by atoms with E-state index in [-0.39, 0.29) is 23.6 Å². The first-order valence-electron chi connectivity index (χ1n) is 4.94. The predicted molar refractivity (Wildman–Crippen MR) is 62.4 cm³/mol. The van der Waals surface area contributed by atoms with Crippen molar-refractivity contribution in [1.82, 2.24) is 9.78 Å². The van der Waals surface area contributed by atoms with Crippen molar-refractivity contribution in [2.75, 3.05) is 23.9 Å². The summed E-state index contributed by atoms with van der Waals surface area (Å²) in [4.78, 5) is 11.5. The number of aromatic nitrogens is 2. The summed E-state index contributed by atoms with van der Waals surface area (Å²) in [6, 6.07) is 1.38. The number of sulfone groups is 1. The summed E-state index contributed by atoms with van der Waals surface area (Å²) in [6.45, 7) is 1.68. The zero-order valence-corrected chi connectivity index (χ0v) is 10.1. The zero-order valence-electron chi connectivity index (χ0n) is 9.30. The van der Waals surface area contributed by atoms with Crippen molar-refractivity contribution in [2.24, 2.45) is 0 Å². The van der Waals surface area contributed by atoms with Gasteiger partial charge in [0, 0.05) is 18.9 Å². The molecule has 1 rings (SSSR count). The fourth-order valence-electron chi connectivity index (χ4n) is 1.11. The van der Waals surface area contributed by atoms with E-state index in [0.717, 1.165) is 4.68 Å². The summed E-state index contributed by atoms with van der Waals surface area (Å²) in [6.07, 6.45) is 1.49. The standard InChI is InChI=1S/C9H15N3O3S/c1-3-16(14,15)5-4-12-9(13)6-8(10-2)7-11-12/h6-7,10H,3-5H2,1-2H3. The summed E-state index contributed by atoms with van der Waals surface area (Å²) in [7, 11) is -1.38. The minimum atomic E-state index is -3.07. The minimum Gasteiger partial charge on any atom is -0.387 e. The van der Waals surface area contributed by atoms with Crippen LogP contribution in [0.15, 0.2) is 17.1 Å². The molecule has 0 atom stereocenters. The van der Waals surface area contributed by atoms with Gasteiger partial charge in [0.05, 0.1) is 24.2 Å². The fraction of sp³-hybridized carbons (Fsp3) is 0.556. The summed E-state index contributed by atoms with van der Waals surface area (Å²) in [5.41, 5.74) is 0.303. The minimum absolute atomic E-state index is 0.0602. The second-order valence-corrected chi connectivity index (χ2v) is 5.76.